The fraction of sp³-hybridized carbons (Fsp3) is 0.455. The van der Waals surface area contributed by atoms with Gasteiger partial charge in [-0.15, -0.1) is 0 Å². The molecule has 0 amide bonds. The highest BCUT2D eigenvalue weighted by atomic mass is 35.5. The minimum absolute atomic E-state index is 0.467. The molecule has 0 bridgehead atoms. The van der Waals surface area contributed by atoms with Crippen LogP contribution >= 0.6 is 46.7 Å². The zero-order valence-electron chi connectivity index (χ0n) is 9.45. The maximum absolute atomic E-state index is 6.27. The number of aromatic nitrogens is 2. The van der Waals surface area contributed by atoms with Crippen molar-refractivity contribution in [1.82, 2.24) is 8.75 Å². The Morgan fingerprint density at radius 1 is 1.11 bits per heavy atom. The number of nitrogens with zero attached hydrogens (tertiary/aromatic N) is 2. The molecule has 0 aliphatic carbocycles. The molecule has 7 heteroatoms. The number of halogens is 2. The molecule has 96 valence electrons. The smallest absolute Gasteiger partial charge is 0.130 e. The van der Waals surface area contributed by atoms with Crippen molar-refractivity contribution in [3.8, 4) is 0 Å². The second-order valence-corrected chi connectivity index (χ2v) is 6.78. The quantitative estimate of drug-likeness (QED) is 0.895. The highest BCUT2D eigenvalue weighted by Gasteiger charge is 2.19. The second kappa shape index (κ2) is 5.41. The van der Waals surface area contributed by atoms with Crippen molar-refractivity contribution in [2.24, 2.45) is 0 Å². The Balaban J connectivity index is 1.97. The summed E-state index contributed by atoms with van der Waals surface area (Å²) in [4.78, 5) is 0. The van der Waals surface area contributed by atoms with Crippen molar-refractivity contribution in [2.75, 3.05) is 16.8 Å². The van der Waals surface area contributed by atoms with E-state index in [0.717, 1.165) is 41.3 Å². The molecule has 0 radical (unpaired) electrons. The predicted octanol–water partition coefficient (Wildman–Crippen LogP) is 4.31. The van der Waals surface area contributed by atoms with E-state index in [1.807, 2.05) is 11.8 Å². The Bertz CT molecular complexity index is 567. The van der Waals surface area contributed by atoms with Crippen LogP contribution < -0.4 is 5.32 Å². The molecule has 1 fully saturated rings. The Labute approximate surface area is 124 Å². The maximum Gasteiger partial charge on any atom is 0.130 e. The third kappa shape index (κ3) is 2.41. The molecule has 0 unspecified atom stereocenters. The Kier molecular flexibility index (Phi) is 3.84. The maximum atomic E-state index is 6.27. The van der Waals surface area contributed by atoms with Crippen LogP contribution in [-0.4, -0.2) is 26.3 Å². The number of fused-ring (bicyclic) bond motifs is 1. The van der Waals surface area contributed by atoms with Crippen LogP contribution in [0.25, 0.3) is 11.0 Å². The Hall–Kier alpha value is -0.230. The summed E-state index contributed by atoms with van der Waals surface area (Å²) in [6.45, 7) is 0. The number of thioether (sulfide) groups is 1. The van der Waals surface area contributed by atoms with Crippen LogP contribution in [0.5, 0.6) is 0 Å². The summed E-state index contributed by atoms with van der Waals surface area (Å²) in [6, 6.07) is 2.21. The summed E-state index contributed by atoms with van der Waals surface area (Å²) in [5.74, 6) is 2.39. The van der Waals surface area contributed by atoms with Gasteiger partial charge in [-0.05, 0) is 30.4 Å². The number of benzene rings is 1. The average Bonchev–Trinajstić information content (AvgIpc) is 2.85. The minimum Gasteiger partial charge on any atom is -0.379 e. The molecule has 3 nitrogen and oxygen atoms in total. The van der Waals surface area contributed by atoms with E-state index in [1.165, 1.54) is 11.5 Å². The van der Waals surface area contributed by atoms with Gasteiger partial charge in [-0.3, -0.25) is 0 Å². The van der Waals surface area contributed by atoms with Crippen LogP contribution in [0.3, 0.4) is 0 Å². The number of hydrogen-bond acceptors (Lipinski definition) is 5. The van der Waals surface area contributed by atoms with Crippen molar-refractivity contribution in [1.29, 1.82) is 0 Å². The number of rotatable bonds is 2. The van der Waals surface area contributed by atoms with E-state index in [4.69, 9.17) is 23.2 Å². The van der Waals surface area contributed by atoms with E-state index in [0.29, 0.717) is 16.1 Å². The minimum atomic E-state index is 0.467. The molecule has 0 saturated carbocycles. The SMILES string of the molecule is Clc1cc(Cl)c2nsnc2c1NC1CCSCC1. The van der Waals surface area contributed by atoms with E-state index in [9.17, 15) is 0 Å². The van der Waals surface area contributed by atoms with E-state index in [2.05, 4.69) is 14.1 Å². The number of hydrogen-bond donors (Lipinski definition) is 1. The molecule has 1 N–H and O–H groups in total. The van der Waals surface area contributed by atoms with Gasteiger partial charge in [-0.1, -0.05) is 23.2 Å². The van der Waals surface area contributed by atoms with Crippen LogP contribution in [0.15, 0.2) is 6.07 Å². The third-order valence-electron chi connectivity index (χ3n) is 3.01. The lowest BCUT2D eigenvalue weighted by Crippen LogP contribution is -2.24. The normalized spacial score (nSPS) is 17.2. The number of nitrogens with one attached hydrogen (secondary N) is 1. The summed E-state index contributed by atoms with van der Waals surface area (Å²) in [5, 5.41) is 4.69. The van der Waals surface area contributed by atoms with Gasteiger partial charge < -0.3 is 5.32 Å². The molecule has 1 aromatic carbocycles. The van der Waals surface area contributed by atoms with Crippen molar-refractivity contribution in [2.45, 2.75) is 18.9 Å². The van der Waals surface area contributed by atoms with Crippen LogP contribution in [0.4, 0.5) is 5.69 Å². The van der Waals surface area contributed by atoms with Gasteiger partial charge in [0.15, 0.2) is 0 Å². The highest BCUT2D eigenvalue weighted by molar-refractivity contribution is 7.99. The first-order valence-electron chi connectivity index (χ1n) is 5.70. The van der Waals surface area contributed by atoms with E-state index in [-0.39, 0.29) is 0 Å². The van der Waals surface area contributed by atoms with Gasteiger partial charge in [0.25, 0.3) is 0 Å². The van der Waals surface area contributed by atoms with Crippen molar-refractivity contribution >= 4 is 63.4 Å². The van der Waals surface area contributed by atoms with Gasteiger partial charge in [-0.2, -0.15) is 20.5 Å². The average molecular weight is 320 g/mol. The molecule has 1 aliphatic rings. The molecule has 0 atom stereocenters. The summed E-state index contributed by atoms with van der Waals surface area (Å²) in [5.41, 5.74) is 2.40. The Morgan fingerprint density at radius 3 is 2.61 bits per heavy atom. The van der Waals surface area contributed by atoms with Gasteiger partial charge in [-0.25, -0.2) is 0 Å². The van der Waals surface area contributed by atoms with Crippen LogP contribution in [-0.2, 0) is 0 Å². The molecule has 1 aromatic heterocycles. The molecule has 2 heterocycles. The predicted molar refractivity (Wildman–Crippen MR) is 81.4 cm³/mol. The van der Waals surface area contributed by atoms with Crippen molar-refractivity contribution in [3.05, 3.63) is 16.1 Å². The van der Waals surface area contributed by atoms with Gasteiger partial charge in [0.1, 0.15) is 11.0 Å². The van der Waals surface area contributed by atoms with Crippen LogP contribution in [0, 0.1) is 0 Å². The lowest BCUT2D eigenvalue weighted by Gasteiger charge is -2.24. The molecule has 1 saturated heterocycles. The van der Waals surface area contributed by atoms with Gasteiger partial charge >= 0.3 is 0 Å². The van der Waals surface area contributed by atoms with Crippen molar-refractivity contribution < 1.29 is 0 Å². The lowest BCUT2D eigenvalue weighted by molar-refractivity contribution is 0.667. The zero-order valence-corrected chi connectivity index (χ0v) is 12.6. The van der Waals surface area contributed by atoms with Crippen molar-refractivity contribution in [3.63, 3.8) is 0 Å². The fourth-order valence-corrected chi connectivity index (χ4v) is 4.33. The first kappa shape index (κ1) is 12.8. The molecule has 0 spiro atoms. The summed E-state index contributed by atoms with van der Waals surface area (Å²) >= 11 is 15.5. The molecule has 2 aromatic rings. The highest BCUT2D eigenvalue weighted by Crippen LogP contribution is 2.36. The van der Waals surface area contributed by atoms with E-state index < -0.39 is 0 Å². The first-order valence-corrected chi connectivity index (χ1v) is 8.34. The summed E-state index contributed by atoms with van der Waals surface area (Å²) in [6.07, 6.45) is 2.31. The largest absolute Gasteiger partial charge is 0.379 e. The van der Waals surface area contributed by atoms with Gasteiger partial charge in [0, 0.05) is 6.04 Å². The molecular formula is C11H11Cl2N3S2. The third-order valence-corrected chi connectivity index (χ3v) is 5.18. The summed E-state index contributed by atoms with van der Waals surface area (Å²) in [7, 11) is 0. The Morgan fingerprint density at radius 2 is 1.83 bits per heavy atom. The van der Waals surface area contributed by atoms with Gasteiger partial charge in [0.05, 0.1) is 27.5 Å². The summed E-state index contributed by atoms with van der Waals surface area (Å²) < 4.78 is 8.51. The van der Waals surface area contributed by atoms with Crippen LogP contribution in [0.1, 0.15) is 12.8 Å². The molecule has 18 heavy (non-hydrogen) atoms. The molecule has 1 aliphatic heterocycles. The standard InChI is InChI=1S/C11H11Cl2N3S2/c12-7-5-8(13)10-11(16-18-15-10)9(7)14-6-1-3-17-4-2-6/h5-6,14H,1-4H2. The molecular weight excluding hydrogens is 309 g/mol. The lowest BCUT2D eigenvalue weighted by atomic mass is 10.1. The first-order chi connectivity index (χ1) is 8.75. The van der Waals surface area contributed by atoms with Gasteiger partial charge in [0.2, 0.25) is 0 Å². The van der Waals surface area contributed by atoms with E-state index >= 15 is 0 Å². The van der Waals surface area contributed by atoms with Crippen LogP contribution in [0.2, 0.25) is 10.0 Å². The number of anilines is 1. The monoisotopic (exact) mass is 319 g/mol. The topological polar surface area (TPSA) is 37.8 Å². The zero-order chi connectivity index (χ0) is 12.5. The fourth-order valence-electron chi connectivity index (χ4n) is 2.06. The molecule has 3 rings (SSSR count). The second-order valence-electron chi connectivity index (χ2n) is 4.21. The van der Waals surface area contributed by atoms with E-state index in [1.54, 1.807) is 6.07 Å².